The number of fused-ring (bicyclic) bond motifs is 2. The van der Waals surface area contributed by atoms with E-state index in [-0.39, 0.29) is 54.1 Å². The average Bonchev–Trinajstić information content (AvgIpc) is 3.88. The van der Waals surface area contributed by atoms with E-state index in [2.05, 4.69) is 46.9 Å². The highest BCUT2D eigenvalue weighted by molar-refractivity contribution is 6.25. The Bertz CT molecular complexity index is 2520. The van der Waals surface area contributed by atoms with Gasteiger partial charge in [0, 0.05) is 73.3 Å². The molecule has 1 atom stereocenters. The second-order valence-electron chi connectivity index (χ2n) is 14.5. The zero-order valence-electron chi connectivity index (χ0n) is 32.3. The Morgan fingerprint density at radius 3 is 2.54 bits per heavy atom. The maximum absolute atomic E-state index is 13.4. The van der Waals surface area contributed by atoms with E-state index in [0.717, 1.165) is 34.3 Å². The number of unbranched alkanes of at least 4 members (excludes halogenated alkanes) is 1. The number of aryl methyl sites for hydroxylation is 1. The van der Waals surface area contributed by atoms with E-state index in [0.29, 0.717) is 59.8 Å². The van der Waals surface area contributed by atoms with Gasteiger partial charge in [0.15, 0.2) is 0 Å². The van der Waals surface area contributed by atoms with Crippen molar-refractivity contribution in [2.75, 3.05) is 31.3 Å². The minimum absolute atomic E-state index is 0.0409. The van der Waals surface area contributed by atoms with Crippen LogP contribution in [0.4, 0.5) is 11.4 Å². The molecule has 0 radical (unpaired) electrons. The van der Waals surface area contributed by atoms with Crippen LogP contribution in [0.2, 0.25) is 0 Å². The zero-order chi connectivity index (χ0) is 41.2. The van der Waals surface area contributed by atoms with E-state index in [1.807, 2.05) is 12.1 Å². The first-order valence-electron chi connectivity index (χ1n) is 19.3. The third-order valence-corrected chi connectivity index (χ3v) is 10.5. The normalized spacial score (nSPS) is 16.2. The molecule has 6 amide bonds. The molecular formula is C41H41N11O7. The number of anilines is 2. The van der Waals surface area contributed by atoms with Gasteiger partial charge in [-0.25, -0.2) is 0 Å². The third kappa shape index (κ3) is 7.88. The fourth-order valence-corrected chi connectivity index (χ4v) is 7.30. The van der Waals surface area contributed by atoms with Gasteiger partial charge in [0.05, 0.1) is 47.7 Å². The van der Waals surface area contributed by atoms with Crippen LogP contribution in [0.3, 0.4) is 0 Å². The van der Waals surface area contributed by atoms with Gasteiger partial charge in [-0.3, -0.25) is 53.6 Å². The summed E-state index contributed by atoms with van der Waals surface area (Å²) in [7, 11) is 3.34. The summed E-state index contributed by atoms with van der Waals surface area (Å²) in [6.45, 7) is 1.19. The number of hydrogen-bond donors (Lipinski definition) is 5. The van der Waals surface area contributed by atoms with E-state index >= 15 is 0 Å². The Kier molecular flexibility index (Phi) is 10.7. The first kappa shape index (κ1) is 38.6. The van der Waals surface area contributed by atoms with Crippen molar-refractivity contribution in [3.63, 3.8) is 0 Å². The first-order chi connectivity index (χ1) is 28.6. The maximum atomic E-state index is 13.4. The highest BCUT2D eigenvalue weighted by Crippen LogP contribution is 2.37. The zero-order valence-corrected chi connectivity index (χ0v) is 32.3. The molecule has 18 heteroatoms. The number of nitrogens with one attached hydrogen (secondary N) is 5. The molecule has 2 aromatic carbocycles. The van der Waals surface area contributed by atoms with Gasteiger partial charge in [-0.2, -0.15) is 0 Å². The van der Waals surface area contributed by atoms with E-state index < -0.39 is 29.7 Å². The van der Waals surface area contributed by atoms with Crippen molar-refractivity contribution in [1.29, 1.82) is 0 Å². The lowest BCUT2D eigenvalue weighted by Crippen LogP contribution is -2.54. The van der Waals surface area contributed by atoms with E-state index in [1.165, 1.54) is 6.07 Å². The van der Waals surface area contributed by atoms with Crippen LogP contribution in [0.1, 0.15) is 85.8 Å². The van der Waals surface area contributed by atoms with Gasteiger partial charge in [0.1, 0.15) is 23.2 Å². The van der Waals surface area contributed by atoms with E-state index in [9.17, 15) is 28.8 Å². The number of imide groups is 2. The quantitative estimate of drug-likeness (QED) is 0.0758. The SMILES string of the molecule is CNc1c(C(=O)NC2CC2)cnc2cc(OC)c(-c3ccc(C(=O)NCCCCn4cc(CNc5cccc6c5C(=O)N(C5CCC(=O)NC5=O)C6=O)nn4)nc3)cc12. The molecular weight excluding hydrogens is 759 g/mol. The molecule has 59 heavy (non-hydrogen) atoms. The summed E-state index contributed by atoms with van der Waals surface area (Å²) in [6, 6.07) is 11.2. The topological polar surface area (TPSA) is 232 Å². The summed E-state index contributed by atoms with van der Waals surface area (Å²) in [5.41, 5.74) is 4.88. The van der Waals surface area contributed by atoms with E-state index in [4.69, 9.17) is 4.74 Å². The van der Waals surface area contributed by atoms with Gasteiger partial charge in [0.25, 0.3) is 23.6 Å². The standard InChI is InChI=1S/C41H41N11O7/c1-42-36-27-16-26(33(59-2)17-31(27)46-20-28(36)37(54)47-23-9-10-23)22-8-11-30(44-18-22)38(55)43-14-3-4-15-51-21-24(49-50-51)19-45-29-7-5-6-25-35(29)41(58)52(40(25)57)32-12-13-34(53)48-39(32)56/h5-8,11,16-18,20-21,23,32,45H,3-4,9-10,12-15,19H2,1-2H3,(H,42,46)(H,43,55)(H,47,54)(H,48,53,56). The Morgan fingerprint density at radius 2 is 1.80 bits per heavy atom. The molecule has 3 aromatic heterocycles. The first-order valence-corrected chi connectivity index (χ1v) is 19.3. The number of nitrogens with zero attached hydrogens (tertiary/aromatic N) is 6. The Labute approximate surface area is 337 Å². The molecule has 1 saturated carbocycles. The second-order valence-corrected chi connectivity index (χ2v) is 14.5. The summed E-state index contributed by atoms with van der Waals surface area (Å²) in [5.74, 6) is -2.18. The van der Waals surface area contributed by atoms with Crippen LogP contribution in [0, 0.1) is 0 Å². The summed E-state index contributed by atoms with van der Waals surface area (Å²) < 4.78 is 7.37. The van der Waals surface area contributed by atoms with Crippen LogP contribution in [0.25, 0.3) is 22.0 Å². The smallest absolute Gasteiger partial charge is 0.269 e. The molecule has 302 valence electrons. The van der Waals surface area contributed by atoms with Crippen molar-refractivity contribution in [3.05, 3.63) is 89.1 Å². The van der Waals surface area contributed by atoms with Crippen molar-refractivity contribution in [1.82, 2.24) is 45.8 Å². The molecule has 3 aliphatic rings. The number of benzene rings is 2. The van der Waals surface area contributed by atoms with Crippen LogP contribution < -0.4 is 31.3 Å². The third-order valence-electron chi connectivity index (χ3n) is 10.5. The van der Waals surface area contributed by atoms with Crippen LogP contribution in [0.5, 0.6) is 5.75 Å². The summed E-state index contributed by atoms with van der Waals surface area (Å²) >= 11 is 0. The maximum Gasteiger partial charge on any atom is 0.269 e. The number of methoxy groups -OCH3 is 1. The van der Waals surface area contributed by atoms with Crippen molar-refractivity contribution >= 4 is 57.7 Å². The van der Waals surface area contributed by atoms with Gasteiger partial charge in [0.2, 0.25) is 11.8 Å². The predicted molar refractivity (Wildman–Crippen MR) is 214 cm³/mol. The Hall–Kier alpha value is -7.24. The highest BCUT2D eigenvalue weighted by atomic mass is 16.5. The molecule has 1 unspecified atom stereocenters. The Morgan fingerprint density at radius 1 is 0.949 bits per heavy atom. The lowest BCUT2D eigenvalue weighted by Gasteiger charge is -2.27. The van der Waals surface area contributed by atoms with Crippen molar-refractivity contribution in [2.24, 2.45) is 0 Å². The molecule has 0 spiro atoms. The van der Waals surface area contributed by atoms with Gasteiger partial charge in [-0.05, 0) is 56.4 Å². The van der Waals surface area contributed by atoms with Crippen molar-refractivity contribution < 1.29 is 33.5 Å². The molecule has 1 aliphatic carbocycles. The number of carbonyl (C=O) groups is 6. The number of carbonyl (C=O) groups excluding carboxylic acids is 6. The number of ether oxygens (including phenoxy) is 1. The van der Waals surface area contributed by atoms with Gasteiger partial charge in [-0.15, -0.1) is 5.10 Å². The van der Waals surface area contributed by atoms with Crippen LogP contribution in [-0.2, 0) is 22.7 Å². The van der Waals surface area contributed by atoms with Crippen LogP contribution in [-0.4, -0.2) is 98.1 Å². The Balaban J connectivity index is 0.825. The molecule has 5 heterocycles. The number of piperidine rings is 1. The molecule has 5 aromatic rings. The van der Waals surface area contributed by atoms with Gasteiger partial charge in [-0.1, -0.05) is 17.3 Å². The van der Waals surface area contributed by atoms with Crippen LogP contribution in [0.15, 0.2) is 61.1 Å². The molecule has 2 aliphatic heterocycles. The fraction of sp³-hybridized carbons (Fsp3) is 0.317. The monoisotopic (exact) mass is 799 g/mol. The molecule has 18 nitrogen and oxygen atoms in total. The second kappa shape index (κ2) is 16.3. The number of aromatic nitrogens is 5. The summed E-state index contributed by atoms with van der Waals surface area (Å²) in [4.78, 5) is 86.3. The van der Waals surface area contributed by atoms with Crippen molar-refractivity contribution in [2.45, 2.75) is 63.7 Å². The lowest BCUT2D eigenvalue weighted by atomic mass is 10.0. The highest BCUT2D eigenvalue weighted by Gasteiger charge is 2.45. The fourth-order valence-electron chi connectivity index (χ4n) is 7.30. The number of rotatable bonds is 15. The van der Waals surface area contributed by atoms with Gasteiger partial charge >= 0.3 is 0 Å². The summed E-state index contributed by atoms with van der Waals surface area (Å²) in [5, 5.41) is 23.6. The largest absolute Gasteiger partial charge is 0.496 e. The lowest BCUT2D eigenvalue weighted by molar-refractivity contribution is -0.136. The molecule has 1 saturated heterocycles. The average molecular weight is 800 g/mol. The number of hydrogen-bond acceptors (Lipinski definition) is 13. The molecule has 5 N–H and O–H groups in total. The summed E-state index contributed by atoms with van der Waals surface area (Å²) in [6.07, 6.45) is 8.41. The minimum Gasteiger partial charge on any atom is -0.496 e. The molecule has 2 fully saturated rings. The molecule has 0 bridgehead atoms. The molecule has 8 rings (SSSR count). The van der Waals surface area contributed by atoms with E-state index in [1.54, 1.807) is 61.7 Å². The van der Waals surface area contributed by atoms with Crippen LogP contribution >= 0.6 is 0 Å². The number of amides is 6. The van der Waals surface area contributed by atoms with Gasteiger partial charge < -0.3 is 26.0 Å². The predicted octanol–water partition coefficient (Wildman–Crippen LogP) is 3.05. The minimum atomic E-state index is -1.05. The van der Waals surface area contributed by atoms with Crippen molar-refractivity contribution in [3.8, 4) is 16.9 Å². The number of pyridine rings is 2.